The Morgan fingerprint density at radius 1 is 1.53 bits per heavy atom. The quantitative estimate of drug-likeness (QED) is 0.846. The number of rotatable bonds is 4. The number of furan rings is 1. The molecule has 3 nitrogen and oxygen atoms in total. The zero-order valence-corrected chi connectivity index (χ0v) is 10.6. The predicted octanol–water partition coefficient (Wildman–Crippen LogP) is 2.86. The van der Waals surface area contributed by atoms with Crippen molar-refractivity contribution in [3.05, 3.63) is 24.2 Å². The fourth-order valence-corrected chi connectivity index (χ4v) is 3.03. The summed E-state index contributed by atoms with van der Waals surface area (Å²) < 4.78 is 5.06. The molecular formula is C14H23NO2. The average molecular weight is 237 g/mol. The largest absolute Gasteiger partial charge is 0.472 e. The summed E-state index contributed by atoms with van der Waals surface area (Å²) in [5.41, 5.74) is 6.66. The van der Waals surface area contributed by atoms with Gasteiger partial charge in [-0.1, -0.05) is 13.3 Å². The fraction of sp³-hybridized carbons (Fsp3) is 0.714. The van der Waals surface area contributed by atoms with Gasteiger partial charge >= 0.3 is 0 Å². The topological polar surface area (TPSA) is 59.4 Å². The molecule has 1 atom stereocenters. The zero-order chi connectivity index (χ0) is 12.3. The van der Waals surface area contributed by atoms with E-state index in [0.717, 1.165) is 24.3 Å². The first-order chi connectivity index (χ1) is 8.22. The van der Waals surface area contributed by atoms with Crippen molar-refractivity contribution >= 4 is 0 Å². The summed E-state index contributed by atoms with van der Waals surface area (Å²) in [6.07, 6.45) is 8.41. The minimum atomic E-state index is -0.482. The second-order valence-corrected chi connectivity index (χ2v) is 5.38. The normalized spacial score (nSPS) is 31.4. The monoisotopic (exact) mass is 237 g/mol. The van der Waals surface area contributed by atoms with Crippen molar-refractivity contribution in [3.63, 3.8) is 0 Å². The lowest BCUT2D eigenvalue weighted by atomic mass is 9.65. The highest BCUT2D eigenvalue weighted by molar-refractivity contribution is 5.14. The summed E-state index contributed by atoms with van der Waals surface area (Å²) in [4.78, 5) is 0. The Morgan fingerprint density at radius 2 is 2.24 bits per heavy atom. The molecule has 1 heterocycles. The lowest BCUT2D eigenvalue weighted by Crippen LogP contribution is -2.40. The lowest BCUT2D eigenvalue weighted by molar-refractivity contribution is -0.0106. The number of hydrogen-bond acceptors (Lipinski definition) is 3. The van der Waals surface area contributed by atoms with Gasteiger partial charge in [0.05, 0.1) is 18.6 Å². The Morgan fingerprint density at radius 3 is 2.71 bits per heavy atom. The first-order valence-electron chi connectivity index (χ1n) is 6.62. The van der Waals surface area contributed by atoms with Gasteiger partial charge in [0.1, 0.15) is 0 Å². The summed E-state index contributed by atoms with van der Waals surface area (Å²) in [5, 5.41) is 10.5. The number of aliphatic hydroxyl groups excluding tert-OH is 1. The first kappa shape index (κ1) is 12.7. The van der Waals surface area contributed by atoms with Crippen LogP contribution in [-0.2, 0) is 0 Å². The van der Waals surface area contributed by atoms with E-state index in [1.165, 1.54) is 19.3 Å². The van der Waals surface area contributed by atoms with Crippen LogP contribution in [0.4, 0.5) is 0 Å². The van der Waals surface area contributed by atoms with Crippen LogP contribution in [0.2, 0.25) is 0 Å². The molecule has 1 aromatic rings. The van der Waals surface area contributed by atoms with Gasteiger partial charge in [-0.25, -0.2) is 0 Å². The Balaban J connectivity index is 2.10. The Hall–Kier alpha value is -0.800. The van der Waals surface area contributed by atoms with Crippen LogP contribution in [0.1, 0.15) is 50.7 Å². The summed E-state index contributed by atoms with van der Waals surface area (Å²) in [5.74, 6) is 0.811. The number of aliphatic hydroxyl groups is 1. The Kier molecular flexibility index (Phi) is 3.89. The second kappa shape index (κ2) is 5.23. The smallest absolute Gasteiger partial charge is 0.0960 e. The van der Waals surface area contributed by atoms with Crippen molar-refractivity contribution in [2.24, 2.45) is 17.1 Å². The van der Waals surface area contributed by atoms with Crippen LogP contribution in [-0.4, -0.2) is 11.7 Å². The molecule has 3 N–H and O–H groups in total. The van der Waals surface area contributed by atoms with Gasteiger partial charge in [-0.15, -0.1) is 0 Å². The highest BCUT2D eigenvalue weighted by Crippen LogP contribution is 2.47. The van der Waals surface area contributed by atoms with Crippen molar-refractivity contribution in [1.82, 2.24) is 0 Å². The summed E-state index contributed by atoms with van der Waals surface area (Å²) in [6, 6.07) is 1.84. The molecule has 17 heavy (non-hydrogen) atoms. The van der Waals surface area contributed by atoms with Crippen molar-refractivity contribution in [2.45, 2.75) is 45.1 Å². The van der Waals surface area contributed by atoms with Crippen molar-refractivity contribution in [3.8, 4) is 0 Å². The van der Waals surface area contributed by atoms with E-state index in [4.69, 9.17) is 10.2 Å². The molecule has 0 amide bonds. The molecule has 0 spiro atoms. The Bertz CT molecular complexity index is 326. The molecule has 3 heteroatoms. The van der Waals surface area contributed by atoms with Gasteiger partial charge in [0.15, 0.2) is 0 Å². The molecule has 0 saturated heterocycles. The van der Waals surface area contributed by atoms with Gasteiger partial charge < -0.3 is 15.3 Å². The first-order valence-corrected chi connectivity index (χ1v) is 6.62. The SMILES string of the molecule is CCC1CCC(CN)(C(O)c2ccoc2)CC1. The molecular weight excluding hydrogens is 214 g/mol. The maximum absolute atomic E-state index is 10.5. The molecule has 0 radical (unpaired) electrons. The van der Waals surface area contributed by atoms with E-state index in [2.05, 4.69) is 6.92 Å². The second-order valence-electron chi connectivity index (χ2n) is 5.38. The van der Waals surface area contributed by atoms with Gasteiger partial charge in [0.25, 0.3) is 0 Å². The van der Waals surface area contributed by atoms with Crippen LogP contribution < -0.4 is 5.73 Å². The van der Waals surface area contributed by atoms with E-state index in [9.17, 15) is 5.11 Å². The highest BCUT2D eigenvalue weighted by Gasteiger charge is 2.40. The van der Waals surface area contributed by atoms with E-state index >= 15 is 0 Å². The van der Waals surface area contributed by atoms with Gasteiger partial charge in [0, 0.05) is 17.5 Å². The van der Waals surface area contributed by atoms with Crippen LogP contribution in [0.15, 0.2) is 23.0 Å². The van der Waals surface area contributed by atoms with Gasteiger partial charge in [-0.2, -0.15) is 0 Å². The molecule has 0 bridgehead atoms. The lowest BCUT2D eigenvalue weighted by Gasteiger charge is -2.42. The standard InChI is InChI=1S/C14H23NO2/c1-2-11-3-6-14(10-15,7-4-11)13(16)12-5-8-17-9-12/h5,8-9,11,13,16H,2-4,6-7,10,15H2,1H3. The predicted molar refractivity (Wildman–Crippen MR) is 67.4 cm³/mol. The van der Waals surface area contributed by atoms with Gasteiger partial charge in [-0.3, -0.25) is 0 Å². The van der Waals surface area contributed by atoms with Crippen LogP contribution >= 0.6 is 0 Å². The van der Waals surface area contributed by atoms with Crippen molar-refractivity contribution < 1.29 is 9.52 Å². The highest BCUT2D eigenvalue weighted by atomic mass is 16.3. The van der Waals surface area contributed by atoms with E-state index < -0.39 is 6.10 Å². The molecule has 1 saturated carbocycles. The summed E-state index contributed by atoms with van der Waals surface area (Å²) in [7, 11) is 0. The van der Waals surface area contributed by atoms with Crippen LogP contribution in [0.5, 0.6) is 0 Å². The third-order valence-corrected chi connectivity index (χ3v) is 4.52. The average Bonchev–Trinajstić information content (AvgIpc) is 2.92. The van der Waals surface area contributed by atoms with Crippen LogP contribution in [0, 0.1) is 11.3 Å². The summed E-state index contributed by atoms with van der Waals surface area (Å²) in [6.45, 7) is 2.79. The van der Waals surface area contributed by atoms with E-state index in [1.807, 2.05) is 6.07 Å². The van der Waals surface area contributed by atoms with E-state index in [0.29, 0.717) is 6.54 Å². The molecule has 1 unspecified atom stereocenters. The maximum atomic E-state index is 10.5. The summed E-state index contributed by atoms with van der Waals surface area (Å²) >= 11 is 0. The van der Waals surface area contributed by atoms with Crippen molar-refractivity contribution in [2.75, 3.05) is 6.54 Å². The molecule has 1 aromatic heterocycles. The molecule has 0 aliphatic heterocycles. The minimum absolute atomic E-state index is 0.143. The minimum Gasteiger partial charge on any atom is -0.472 e. The zero-order valence-electron chi connectivity index (χ0n) is 10.6. The molecule has 1 aliphatic carbocycles. The fourth-order valence-electron chi connectivity index (χ4n) is 3.03. The van der Waals surface area contributed by atoms with Crippen LogP contribution in [0.3, 0.4) is 0 Å². The van der Waals surface area contributed by atoms with Gasteiger partial charge in [0.2, 0.25) is 0 Å². The third-order valence-electron chi connectivity index (χ3n) is 4.52. The van der Waals surface area contributed by atoms with Crippen molar-refractivity contribution in [1.29, 1.82) is 0 Å². The number of hydrogen-bond donors (Lipinski definition) is 2. The molecule has 2 rings (SSSR count). The van der Waals surface area contributed by atoms with Gasteiger partial charge in [-0.05, 0) is 37.7 Å². The van der Waals surface area contributed by atoms with E-state index in [-0.39, 0.29) is 5.41 Å². The Labute approximate surface area is 103 Å². The molecule has 96 valence electrons. The van der Waals surface area contributed by atoms with Crippen LogP contribution in [0.25, 0.3) is 0 Å². The number of nitrogens with two attached hydrogens (primary N) is 1. The molecule has 0 aromatic carbocycles. The molecule has 1 fully saturated rings. The van der Waals surface area contributed by atoms with E-state index in [1.54, 1.807) is 12.5 Å². The maximum Gasteiger partial charge on any atom is 0.0960 e. The third kappa shape index (κ3) is 2.40. The molecule has 1 aliphatic rings.